The van der Waals surface area contributed by atoms with Crippen molar-refractivity contribution in [2.75, 3.05) is 0 Å². The highest BCUT2D eigenvalue weighted by Crippen LogP contribution is 2.19. The Labute approximate surface area is 75.7 Å². The number of carboxylic acids is 1. The SMILES string of the molecule is O=C(O)c1cc2c(=O)[nH]cnc2s1. The maximum atomic E-state index is 11.1. The van der Waals surface area contributed by atoms with E-state index in [9.17, 15) is 9.59 Å². The molecule has 2 heterocycles. The van der Waals surface area contributed by atoms with Gasteiger partial charge in [-0.2, -0.15) is 0 Å². The average Bonchev–Trinajstić information content (AvgIpc) is 2.49. The summed E-state index contributed by atoms with van der Waals surface area (Å²) >= 11 is 0.989. The molecule has 2 rings (SSSR count). The highest BCUT2D eigenvalue weighted by Gasteiger charge is 2.10. The standard InChI is InChI=1S/C7H4N2O3S/c10-5-3-1-4(7(11)12)13-6(3)9-2-8-5/h1-2H,(H,11,12)(H,8,9,10). The number of hydrogen-bond acceptors (Lipinski definition) is 4. The Bertz CT molecular complexity index is 528. The van der Waals surface area contributed by atoms with Gasteiger partial charge in [0, 0.05) is 0 Å². The van der Waals surface area contributed by atoms with E-state index in [4.69, 9.17) is 5.11 Å². The summed E-state index contributed by atoms with van der Waals surface area (Å²) < 4.78 is 0. The molecule has 2 aromatic rings. The first-order valence-electron chi connectivity index (χ1n) is 3.39. The van der Waals surface area contributed by atoms with Gasteiger partial charge in [-0.3, -0.25) is 4.79 Å². The molecule has 2 aromatic heterocycles. The molecule has 0 fully saturated rings. The number of hydrogen-bond donors (Lipinski definition) is 2. The van der Waals surface area contributed by atoms with Gasteiger partial charge in [0.15, 0.2) is 0 Å². The number of carbonyl (C=O) groups is 1. The monoisotopic (exact) mass is 196 g/mol. The van der Waals surface area contributed by atoms with E-state index >= 15 is 0 Å². The third-order valence-corrected chi connectivity index (χ3v) is 2.58. The van der Waals surface area contributed by atoms with E-state index in [1.54, 1.807) is 0 Å². The van der Waals surface area contributed by atoms with E-state index in [0.717, 1.165) is 11.3 Å². The van der Waals surface area contributed by atoms with Crippen LogP contribution in [0.4, 0.5) is 0 Å². The van der Waals surface area contributed by atoms with Crippen molar-refractivity contribution in [3.8, 4) is 0 Å². The fourth-order valence-corrected chi connectivity index (χ4v) is 1.81. The lowest BCUT2D eigenvalue weighted by Gasteiger charge is -1.82. The minimum Gasteiger partial charge on any atom is -0.477 e. The molecule has 0 atom stereocenters. The summed E-state index contributed by atoms with van der Waals surface area (Å²) in [7, 11) is 0. The zero-order chi connectivity index (χ0) is 9.42. The molecule has 0 amide bonds. The van der Waals surface area contributed by atoms with Crippen molar-refractivity contribution < 1.29 is 9.90 Å². The Balaban J connectivity index is 2.83. The summed E-state index contributed by atoms with van der Waals surface area (Å²) in [5, 5.41) is 8.97. The van der Waals surface area contributed by atoms with E-state index in [1.807, 2.05) is 0 Å². The molecule has 13 heavy (non-hydrogen) atoms. The van der Waals surface area contributed by atoms with Gasteiger partial charge in [0.25, 0.3) is 5.56 Å². The summed E-state index contributed by atoms with van der Waals surface area (Å²) in [6, 6.07) is 1.33. The second-order valence-electron chi connectivity index (χ2n) is 2.37. The van der Waals surface area contributed by atoms with Crippen LogP contribution in [0.3, 0.4) is 0 Å². The fraction of sp³-hybridized carbons (Fsp3) is 0. The van der Waals surface area contributed by atoms with Crippen molar-refractivity contribution in [2.45, 2.75) is 0 Å². The van der Waals surface area contributed by atoms with Gasteiger partial charge in [-0.1, -0.05) is 0 Å². The highest BCUT2D eigenvalue weighted by atomic mass is 32.1. The average molecular weight is 196 g/mol. The number of carboxylic acid groups (broad SMARTS) is 1. The first kappa shape index (κ1) is 7.93. The van der Waals surface area contributed by atoms with Crippen molar-refractivity contribution in [2.24, 2.45) is 0 Å². The molecular formula is C7H4N2O3S. The molecule has 0 aliphatic carbocycles. The molecule has 0 aliphatic heterocycles. The van der Waals surface area contributed by atoms with E-state index in [-0.39, 0.29) is 10.4 Å². The lowest BCUT2D eigenvalue weighted by Crippen LogP contribution is -2.03. The molecule has 5 nitrogen and oxygen atoms in total. The normalized spacial score (nSPS) is 10.5. The number of fused-ring (bicyclic) bond motifs is 1. The largest absolute Gasteiger partial charge is 0.477 e. The third-order valence-electron chi connectivity index (χ3n) is 1.55. The first-order chi connectivity index (χ1) is 6.18. The Hall–Kier alpha value is -1.69. The smallest absolute Gasteiger partial charge is 0.345 e. The molecule has 0 bridgehead atoms. The highest BCUT2D eigenvalue weighted by molar-refractivity contribution is 7.20. The van der Waals surface area contributed by atoms with Crippen molar-refractivity contribution in [3.05, 3.63) is 27.6 Å². The maximum absolute atomic E-state index is 11.1. The van der Waals surface area contributed by atoms with Gasteiger partial charge in [0.2, 0.25) is 0 Å². The molecule has 2 N–H and O–H groups in total. The second-order valence-corrected chi connectivity index (χ2v) is 3.40. The number of aromatic carboxylic acids is 1. The summed E-state index contributed by atoms with van der Waals surface area (Å²) in [4.78, 5) is 28.5. The molecule has 66 valence electrons. The summed E-state index contributed by atoms with van der Waals surface area (Å²) in [5.41, 5.74) is -0.311. The van der Waals surface area contributed by atoms with Gasteiger partial charge in [0.05, 0.1) is 11.7 Å². The number of aromatic amines is 1. The van der Waals surface area contributed by atoms with Crippen LogP contribution >= 0.6 is 11.3 Å². The molecule has 0 spiro atoms. The second kappa shape index (κ2) is 2.67. The predicted molar refractivity (Wildman–Crippen MR) is 47.2 cm³/mol. The number of rotatable bonds is 1. The van der Waals surface area contributed by atoms with E-state index in [2.05, 4.69) is 9.97 Å². The van der Waals surface area contributed by atoms with Crippen LogP contribution in [0.25, 0.3) is 10.2 Å². The molecule has 0 unspecified atom stereocenters. The molecule has 6 heteroatoms. The minimum atomic E-state index is -1.04. The first-order valence-corrected chi connectivity index (χ1v) is 4.20. The van der Waals surface area contributed by atoms with Crippen LogP contribution in [0, 0.1) is 0 Å². The van der Waals surface area contributed by atoms with Gasteiger partial charge in [-0.25, -0.2) is 9.78 Å². The van der Waals surface area contributed by atoms with Crippen LogP contribution in [0.5, 0.6) is 0 Å². The van der Waals surface area contributed by atoms with E-state index < -0.39 is 5.97 Å². The molecule has 0 saturated heterocycles. The number of thiophene rings is 1. The van der Waals surface area contributed by atoms with Crippen LogP contribution in [0.1, 0.15) is 9.67 Å². The van der Waals surface area contributed by atoms with Crippen molar-refractivity contribution in [1.82, 2.24) is 9.97 Å². The summed E-state index contributed by atoms with van der Waals surface area (Å²) in [6.45, 7) is 0. The van der Waals surface area contributed by atoms with Crippen LogP contribution < -0.4 is 5.56 Å². The van der Waals surface area contributed by atoms with Gasteiger partial charge in [0.1, 0.15) is 9.71 Å². The molecule has 0 aromatic carbocycles. The van der Waals surface area contributed by atoms with Crippen molar-refractivity contribution in [1.29, 1.82) is 0 Å². The Kier molecular flexibility index (Phi) is 1.63. The number of nitrogens with zero attached hydrogens (tertiary/aromatic N) is 1. The summed E-state index contributed by atoms with van der Waals surface area (Å²) in [6.07, 6.45) is 1.26. The number of nitrogens with one attached hydrogen (secondary N) is 1. The van der Waals surface area contributed by atoms with E-state index in [0.29, 0.717) is 10.2 Å². The Morgan fingerprint density at radius 1 is 1.62 bits per heavy atom. The lowest BCUT2D eigenvalue weighted by molar-refractivity contribution is 0.0702. The quantitative estimate of drug-likeness (QED) is 0.702. The van der Waals surface area contributed by atoms with Crippen molar-refractivity contribution in [3.63, 3.8) is 0 Å². The van der Waals surface area contributed by atoms with Crippen LogP contribution in [-0.4, -0.2) is 21.0 Å². The van der Waals surface area contributed by atoms with Gasteiger partial charge >= 0.3 is 5.97 Å². The van der Waals surface area contributed by atoms with E-state index in [1.165, 1.54) is 12.4 Å². The number of aromatic nitrogens is 2. The minimum absolute atomic E-state index is 0.124. The van der Waals surface area contributed by atoms with Crippen molar-refractivity contribution >= 4 is 27.5 Å². The fourth-order valence-electron chi connectivity index (χ4n) is 0.973. The van der Waals surface area contributed by atoms with Crippen LogP contribution in [0.2, 0.25) is 0 Å². The zero-order valence-corrected chi connectivity index (χ0v) is 7.09. The molecular weight excluding hydrogens is 192 g/mol. The third kappa shape index (κ3) is 1.20. The van der Waals surface area contributed by atoms with Gasteiger partial charge in [-0.15, -0.1) is 11.3 Å². The Morgan fingerprint density at radius 2 is 2.38 bits per heavy atom. The van der Waals surface area contributed by atoms with Gasteiger partial charge in [-0.05, 0) is 6.07 Å². The van der Waals surface area contributed by atoms with Crippen LogP contribution in [-0.2, 0) is 0 Å². The zero-order valence-electron chi connectivity index (χ0n) is 6.27. The summed E-state index contributed by atoms with van der Waals surface area (Å²) in [5.74, 6) is -1.04. The maximum Gasteiger partial charge on any atom is 0.345 e. The molecule has 0 saturated carbocycles. The molecule has 0 radical (unpaired) electrons. The number of H-pyrrole nitrogens is 1. The lowest BCUT2D eigenvalue weighted by atomic mass is 10.4. The topological polar surface area (TPSA) is 83.0 Å². The Morgan fingerprint density at radius 3 is 3.00 bits per heavy atom. The van der Waals surface area contributed by atoms with Gasteiger partial charge < -0.3 is 10.1 Å². The predicted octanol–water partition coefficient (Wildman–Crippen LogP) is 0.683. The molecule has 0 aliphatic rings. The van der Waals surface area contributed by atoms with Crippen LogP contribution in [0.15, 0.2) is 17.2 Å².